The number of hydrogen-bond donors (Lipinski definition) is 1. The molecule has 2 aromatic heterocycles. The lowest BCUT2D eigenvalue weighted by Crippen LogP contribution is -2.27. The van der Waals surface area contributed by atoms with E-state index in [9.17, 15) is 4.79 Å². The number of nitrogens with zero attached hydrogens (tertiary/aromatic N) is 2. The number of imidazole rings is 1. The van der Waals surface area contributed by atoms with Crippen LogP contribution in [0, 0.1) is 13.8 Å². The molecular weight excluding hydrogens is 262 g/mol. The summed E-state index contributed by atoms with van der Waals surface area (Å²) in [5.74, 6) is -0.0799. The maximum Gasteiger partial charge on any atom is 0.270 e. The van der Waals surface area contributed by atoms with Crippen molar-refractivity contribution in [2.45, 2.75) is 26.7 Å². The number of rotatable bonds is 3. The topological polar surface area (TPSA) is 46.4 Å². The predicted octanol–water partition coefficient (Wildman–Crippen LogP) is 2.96. The third kappa shape index (κ3) is 2.75. The molecular formula is C17H19N3O. The Bertz CT molecular complexity index is 753. The number of pyridine rings is 1. The molecule has 0 radical (unpaired) electrons. The minimum absolute atomic E-state index is 0.0799. The van der Waals surface area contributed by atoms with E-state index in [2.05, 4.69) is 28.5 Å². The minimum atomic E-state index is -0.0799. The van der Waals surface area contributed by atoms with Gasteiger partial charge < -0.3 is 5.32 Å². The van der Waals surface area contributed by atoms with Gasteiger partial charge in [-0.05, 0) is 50.0 Å². The monoisotopic (exact) mass is 281 g/mol. The molecule has 0 unspecified atom stereocenters. The highest BCUT2D eigenvalue weighted by Crippen LogP contribution is 2.14. The Morgan fingerprint density at radius 3 is 3.00 bits per heavy atom. The Hall–Kier alpha value is -2.36. The largest absolute Gasteiger partial charge is 0.347 e. The quantitative estimate of drug-likeness (QED) is 0.940. The zero-order valence-electron chi connectivity index (χ0n) is 12.4. The summed E-state index contributed by atoms with van der Waals surface area (Å²) >= 11 is 0. The van der Waals surface area contributed by atoms with E-state index in [1.807, 2.05) is 36.6 Å². The molecule has 3 rings (SSSR count). The summed E-state index contributed by atoms with van der Waals surface area (Å²) in [6.07, 6.45) is 10.4. The first-order valence-corrected chi connectivity index (χ1v) is 7.24. The van der Waals surface area contributed by atoms with Crippen LogP contribution in [-0.2, 0) is 0 Å². The van der Waals surface area contributed by atoms with Crippen molar-refractivity contribution in [2.75, 3.05) is 6.54 Å². The van der Waals surface area contributed by atoms with Gasteiger partial charge in [0.05, 0.1) is 5.69 Å². The summed E-state index contributed by atoms with van der Waals surface area (Å²) in [6, 6.07) is 3.97. The number of amides is 1. The summed E-state index contributed by atoms with van der Waals surface area (Å²) in [4.78, 5) is 16.9. The summed E-state index contributed by atoms with van der Waals surface area (Å²) in [7, 11) is 0. The van der Waals surface area contributed by atoms with Crippen LogP contribution in [0.15, 0.2) is 42.1 Å². The Morgan fingerprint density at radius 2 is 2.24 bits per heavy atom. The van der Waals surface area contributed by atoms with Gasteiger partial charge in [0.15, 0.2) is 0 Å². The second-order valence-electron chi connectivity index (χ2n) is 5.42. The minimum Gasteiger partial charge on any atom is -0.347 e. The van der Waals surface area contributed by atoms with Crippen LogP contribution >= 0.6 is 0 Å². The lowest BCUT2D eigenvalue weighted by atomic mass is 10.1. The average Bonchev–Trinajstić information content (AvgIpc) is 2.81. The second kappa shape index (κ2) is 5.56. The third-order valence-corrected chi connectivity index (χ3v) is 3.70. The van der Waals surface area contributed by atoms with E-state index in [1.54, 1.807) is 0 Å². The highest BCUT2D eigenvalue weighted by atomic mass is 16.1. The molecule has 0 saturated carbocycles. The van der Waals surface area contributed by atoms with E-state index < -0.39 is 0 Å². The number of fused-ring (bicyclic) bond motifs is 1. The summed E-state index contributed by atoms with van der Waals surface area (Å²) < 4.78 is 1.85. The van der Waals surface area contributed by atoms with Crippen molar-refractivity contribution in [1.29, 1.82) is 0 Å². The van der Waals surface area contributed by atoms with Crippen molar-refractivity contribution in [1.82, 2.24) is 14.7 Å². The fourth-order valence-corrected chi connectivity index (χ4v) is 2.60. The Morgan fingerprint density at radius 1 is 1.38 bits per heavy atom. The van der Waals surface area contributed by atoms with Crippen LogP contribution < -0.4 is 5.32 Å². The SMILES string of the molecule is Cc1ccn2c(C(=O)NCC3=CCCC=C3)c(C)nc2c1. The van der Waals surface area contributed by atoms with Gasteiger partial charge >= 0.3 is 0 Å². The molecule has 0 fully saturated rings. The normalized spacial score (nSPS) is 14.3. The van der Waals surface area contributed by atoms with Crippen molar-refractivity contribution < 1.29 is 4.79 Å². The molecule has 4 nitrogen and oxygen atoms in total. The zero-order valence-corrected chi connectivity index (χ0v) is 12.4. The van der Waals surface area contributed by atoms with E-state index in [1.165, 1.54) is 0 Å². The lowest BCUT2D eigenvalue weighted by molar-refractivity contribution is 0.0950. The Labute approximate surface area is 124 Å². The number of carbonyl (C=O) groups is 1. The van der Waals surface area contributed by atoms with Crippen LogP contribution in [0.2, 0.25) is 0 Å². The van der Waals surface area contributed by atoms with Gasteiger partial charge in [-0.25, -0.2) is 4.98 Å². The molecule has 2 aromatic rings. The van der Waals surface area contributed by atoms with Gasteiger partial charge in [0, 0.05) is 12.7 Å². The van der Waals surface area contributed by atoms with Crippen LogP contribution in [0.4, 0.5) is 0 Å². The standard InChI is InChI=1S/C17H19N3O/c1-12-8-9-20-15(10-12)19-13(2)16(20)17(21)18-11-14-6-4-3-5-7-14/h4,6-10H,3,5,11H2,1-2H3,(H,18,21). The van der Waals surface area contributed by atoms with E-state index in [0.29, 0.717) is 12.2 Å². The molecule has 0 saturated heterocycles. The molecule has 2 heterocycles. The van der Waals surface area contributed by atoms with Crippen molar-refractivity contribution in [3.63, 3.8) is 0 Å². The maximum absolute atomic E-state index is 12.4. The molecule has 4 heteroatoms. The lowest BCUT2D eigenvalue weighted by Gasteiger charge is -2.09. The Kier molecular flexibility index (Phi) is 3.60. The van der Waals surface area contributed by atoms with E-state index in [-0.39, 0.29) is 5.91 Å². The third-order valence-electron chi connectivity index (χ3n) is 3.70. The average molecular weight is 281 g/mol. The summed E-state index contributed by atoms with van der Waals surface area (Å²) in [5.41, 5.74) is 4.49. The van der Waals surface area contributed by atoms with Gasteiger partial charge in [0.25, 0.3) is 5.91 Å². The fraction of sp³-hybridized carbons (Fsp3) is 0.294. The molecule has 0 spiro atoms. The Balaban J connectivity index is 1.82. The molecule has 1 N–H and O–H groups in total. The maximum atomic E-state index is 12.4. The molecule has 1 aliphatic carbocycles. The van der Waals surface area contributed by atoms with Gasteiger partial charge in [-0.1, -0.05) is 18.2 Å². The van der Waals surface area contributed by atoms with E-state index in [4.69, 9.17) is 0 Å². The first-order valence-electron chi connectivity index (χ1n) is 7.24. The second-order valence-corrected chi connectivity index (χ2v) is 5.42. The molecule has 108 valence electrons. The molecule has 1 aliphatic rings. The number of carbonyl (C=O) groups excluding carboxylic acids is 1. The van der Waals surface area contributed by atoms with Crippen LogP contribution in [-0.4, -0.2) is 21.8 Å². The zero-order chi connectivity index (χ0) is 14.8. The smallest absolute Gasteiger partial charge is 0.270 e. The molecule has 0 atom stereocenters. The van der Waals surface area contributed by atoms with Gasteiger partial charge in [0.2, 0.25) is 0 Å². The van der Waals surface area contributed by atoms with Crippen molar-refractivity contribution >= 4 is 11.6 Å². The number of nitrogens with one attached hydrogen (secondary N) is 1. The number of hydrogen-bond acceptors (Lipinski definition) is 2. The molecule has 1 amide bonds. The molecule has 0 aliphatic heterocycles. The van der Waals surface area contributed by atoms with E-state index in [0.717, 1.165) is 35.3 Å². The summed E-state index contributed by atoms with van der Waals surface area (Å²) in [6.45, 7) is 4.45. The van der Waals surface area contributed by atoms with Crippen LogP contribution in [0.5, 0.6) is 0 Å². The first-order chi connectivity index (χ1) is 10.1. The predicted molar refractivity (Wildman–Crippen MR) is 83.5 cm³/mol. The fourth-order valence-electron chi connectivity index (χ4n) is 2.60. The highest BCUT2D eigenvalue weighted by Gasteiger charge is 2.16. The van der Waals surface area contributed by atoms with Crippen LogP contribution in [0.1, 0.15) is 34.6 Å². The highest BCUT2D eigenvalue weighted by molar-refractivity contribution is 5.94. The van der Waals surface area contributed by atoms with Crippen molar-refractivity contribution in [2.24, 2.45) is 0 Å². The van der Waals surface area contributed by atoms with Crippen molar-refractivity contribution in [3.8, 4) is 0 Å². The van der Waals surface area contributed by atoms with Gasteiger partial charge in [0.1, 0.15) is 11.3 Å². The molecule has 0 bridgehead atoms. The molecule has 0 aromatic carbocycles. The van der Waals surface area contributed by atoms with Gasteiger partial charge in [-0.3, -0.25) is 9.20 Å². The number of aryl methyl sites for hydroxylation is 2. The van der Waals surface area contributed by atoms with E-state index >= 15 is 0 Å². The first kappa shape index (κ1) is 13.6. The van der Waals surface area contributed by atoms with Crippen LogP contribution in [0.3, 0.4) is 0 Å². The van der Waals surface area contributed by atoms with Gasteiger partial charge in [-0.2, -0.15) is 0 Å². The van der Waals surface area contributed by atoms with Gasteiger partial charge in [-0.15, -0.1) is 0 Å². The van der Waals surface area contributed by atoms with Crippen molar-refractivity contribution in [3.05, 3.63) is 59.1 Å². The number of allylic oxidation sites excluding steroid dienone is 2. The summed E-state index contributed by atoms with van der Waals surface area (Å²) in [5, 5.41) is 2.98. The molecule has 21 heavy (non-hydrogen) atoms. The number of aromatic nitrogens is 2. The van der Waals surface area contributed by atoms with Crippen LogP contribution in [0.25, 0.3) is 5.65 Å².